The van der Waals surface area contributed by atoms with Gasteiger partial charge >= 0.3 is 0 Å². The van der Waals surface area contributed by atoms with Crippen molar-refractivity contribution < 1.29 is 0 Å². The van der Waals surface area contributed by atoms with E-state index in [1.165, 1.54) is 16.7 Å². The van der Waals surface area contributed by atoms with Crippen LogP contribution in [-0.2, 0) is 0 Å². The van der Waals surface area contributed by atoms with E-state index >= 15 is 0 Å². The maximum Gasteiger partial charge on any atom is 0.0935 e. The minimum Gasteiger partial charge on any atom is -0.150 e. The van der Waals surface area contributed by atoms with Crippen molar-refractivity contribution in [1.29, 1.82) is 0 Å². The summed E-state index contributed by atoms with van der Waals surface area (Å²) in [6.45, 7) is 4.21. The minimum atomic E-state index is 0.903. The predicted molar refractivity (Wildman–Crippen MR) is 82.4 cm³/mol. The summed E-state index contributed by atoms with van der Waals surface area (Å²) < 4.78 is 0. The van der Waals surface area contributed by atoms with E-state index < -0.39 is 0 Å². The Bertz CT molecular complexity index is 696. The molecule has 3 aromatic rings. The van der Waals surface area contributed by atoms with Gasteiger partial charge in [-0.1, -0.05) is 48.5 Å². The summed E-state index contributed by atoms with van der Waals surface area (Å²) in [6, 6.07) is 20.5. The van der Waals surface area contributed by atoms with E-state index in [-0.39, 0.29) is 0 Å². The van der Waals surface area contributed by atoms with Gasteiger partial charge in [-0.2, -0.15) is 0 Å². The molecule has 0 spiro atoms. The number of nitrogens with zero attached hydrogens (tertiary/aromatic N) is 2. The molecule has 0 aliphatic rings. The summed E-state index contributed by atoms with van der Waals surface area (Å²) in [5.74, 6) is 0. The van der Waals surface area contributed by atoms with Crippen molar-refractivity contribution in [3.63, 3.8) is 0 Å². The largest absolute Gasteiger partial charge is 0.150 e. The third-order valence-corrected chi connectivity index (χ3v) is 3.47. The average Bonchev–Trinajstić information content (AvgIpc) is 2.49. The van der Waals surface area contributed by atoms with Crippen molar-refractivity contribution in [2.75, 3.05) is 0 Å². The maximum atomic E-state index is 4.40. The third-order valence-electron chi connectivity index (χ3n) is 3.47. The quantitative estimate of drug-likeness (QED) is 0.681. The first-order valence-electron chi connectivity index (χ1n) is 6.71. The molecule has 0 fully saturated rings. The van der Waals surface area contributed by atoms with Crippen LogP contribution < -0.4 is 0 Å². The van der Waals surface area contributed by atoms with Crippen LogP contribution in [0.1, 0.15) is 11.1 Å². The zero-order valence-electron chi connectivity index (χ0n) is 11.7. The van der Waals surface area contributed by atoms with Crippen molar-refractivity contribution >= 4 is 0 Å². The Morgan fingerprint density at radius 1 is 0.600 bits per heavy atom. The fourth-order valence-corrected chi connectivity index (χ4v) is 2.45. The molecular formula is C18H16N2. The molecule has 0 bridgehead atoms. The molecule has 0 saturated heterocycles. The Kier molecular flexibility index (Phi) is 3.30. The second-order valence-electron chi connectivity index (χ2n) is 4.94. The van der Waals surface area contributed by atoms with Crippen LogP contribution in [0.25, 0.3) is 22.5 Å². The highest BCUT2D eigenvalue weighted by Gasteiger charge is 2.07. The van der Waals surface area contributed by atoms with E-state index in [0.29, 0.717) is 0 Å². The van der Waals surface area contributed by atoms with Crippen LogP contribution in [0.4, 0.5) is 0 Å². The van der Waals surface area contributed by atoms with Crippen molar-refractivity contribution in [3.8, 4) is 22.5 Å². The molecule has 0 saturated carbocycles. The van der Waals surface area contributed by atoms with Gasteiger partial charge in [0.2, 0.25) is 0 Å². The molecule has 1 heterocycles. The number of rotatable bonds is 2. The Balaban J connectivity index is 2.02. The molecule has 1 aromatic heterocycles. The molecule has 0 aliphatic carbocycles. The summed E-state index contributed by atoms with van der Waals surface area (Å²) >= 11 is 0. The highest BCUT2D eigenvalue weighted by molar-refractivity contribution is 5.68. The molecule has 3 rings (SSSR count). The van der Waals surface area contributed by atoms with E-state index in [9.17, 15) is 0 Å². The smallest absolute Gasteiger partial charge is 0.0935 e. The lowest BCUT2D eigenvalue weighted by Gasteiger charge is -2.08. The summed E-state index contributed by atoms with van der Waals surface area (Å²) in [7, 11) is 0. The Morgan fingerprint density at radius 2 is 1.20 bits per heavy atom. The van der Waals surface area contributed by atoms with E-state index in [1.54, 1.807) is 0 Å². The first kappa shape index (κ1) is 12.5. The second-order valence-corrected chi connectivity index (χ2v) is 4.94. The molecule has 2 aromatic carbocycles. The summed E-state index contributed by atoms with van der Waals surface area (Å²) in [6.07, 6.45) is 0. The van der Waals surface area contributed by atoms with Crippen LogP contribution in [0, 0.1) is 13.8 Å². The van der Waals surface area contributed by atoms with Gasteiger partial charge in [0.25, 0.3) is 0 Å². The number of aryl methyl sites for hydroxylation is 2. The fourth-order valence-electron chi connectivity index (χ4n) is 2.45. The van der Waals surface area contributed by atoms with Gasteiger partial charge in [0.05, 0.1) is 11.4 Å². The molecular weight excluding hydrogens is 244 g/mol. The minimum absolute atomic E-state index is 0.903. The van der Waals surface area contributed by atoms with Crippen LogP contribution in [0.15, 0.2) is 60.7 Å². The summed E-state index contributed by atoms with van der Waals surface area (Å²) in [5, 5.41) is 8.75. The van der Waals surface area contributed by atoms with Gasteiger partial charge in [0, 0.05) is 11.1 Å². The van der Waals surface area contributed by atoms with Crippen LogP contribution >= 0.6 is 0 Å². The Hall–Kier alpha value is -2.48. The van der Waals surface area contributed by atoms with Gasteiger partial charge in [-0.05, 0) is 37.1 Å². The van der Waals surface area contributed by atoms with Gasteiger partial charge < -0.3 is 0 Å². The van der Waals surface area contributed by atoms with Crippen LogP contribution in [-0.4, -0.2) is 10.2 Å². The standard InChI is InChI=1S/C18H16N2/c1-13-7-6-8-14(2)18(13)17-12-11-16(19-20-17)15-9-4-3-5-10-15/h3-12H,1-2H3. The fraction of sp³-hybridized carbons (Fsp3) is 0.111. The lowest BCUT2D eigenvalue weighted by molar-refractivity contribution is 1.04. The maximum absolute atomic E-state index is 4.40. The molecule has 0 radical (unpaired) electrons. The second kappa shape index (κ2) is 5.25. The SMILES string of the molecule is Cc1cccc(C)c1-c1ccc(-c2ccccc2)nn1. The molecule has 0 atom stereocenters. The molecule has 2 nitrogen and oxygen atoms in total. The number of aromatic nitrogens is 2. The molecule has 2 heteroatoms. The lowest BCUT2D eigenvalue weighted by atomic mass is 9.99. The van der Waals surface area contributed by atoms with Gasteiger partial charge in [0.1, 0.15) is 0 Å². The van der Waals surface area contributed by atoms with Crippen molar-refractivity contribution in [2.24, 2.45) is 0 Å². The molecule has 0 amide bonds. The van der Waals surface area contributed by atoms with Gasteiger partial charge in [-0.25, -0.2) is 0 Å². The van der Waals surface area contributed by atoms with E-state index in [1.807, 2.05) is 42.5 Å². The zero-order valence-corrected chi connectivity index (χ0v) is 11.7. The number of benzene rings is 2. The lowest BCUT2D eigenvalue weighted by Crippen LogP contribution is -1.94. The summed E-state index contributed by atoms with van der Waals surface area (Å²) in [5.41, 5.74) is 6.56. The first-order valence-corrected chi connectivity index (χ1v) is 6.71. The van der Waals surface area contributed by atoms with Gasteiger partial charge in [-0.3, -0.25) is 0 Å². The first-order chi connectivity index (χ1) is 9.75. The predicted octanol–water partition coefficient (Wildman–Crippen LogP) is 4.43. The Labute approximate surface area is 119 Å². The molecule has 98 valence electrons. The normalized spacial score (nSPS) is 10.5. The molecule has 20 heavy (non-hydrogen) atoms. The monoisotopic (exact) mass is 260 g/mol. The van der Waals surface area contributed by atoms with Crippen molar-refractivity contribution in [1.82, 2.24) is 10.2 Å². The molecule has 0 aliphatic heterocycles. The average molecular weight is 260 g/mol. The molecule has 0 unspecified atom stereocenters. The number of hydrogen-bond acceptors (Lipinski definition) is 2. The van der Waals surface area contributed by atoms with E-state index in [0.717, 1.165) is 17.0 Å². The van der Waals surface area contributed by atoms with Crippen LogP contribution in [0.5, 0.6) is 0 Å². The Morgan fingerprint density at radius 3 is 1.80 bits per heavy atom. The van der Waals surface area contributed by atoms with Crippen molar-refractivity contribution in [2.45, 2.75) is 13.8 Å². The number of hydrogen-bond donors (Lipinski definition) is 0. The van der Waals surface area contributed by atoms with E-state index in [4.69, 9.17) is 0 Å². The summed E-state index contributed by atoms with van der Waals surface area (Å²) in [4.78, 5) is 0. The topological polar surface area (TPSA) is 25.8 Å². The zero-order chi connectivity index (χ0) is 13.9. The van der Waals surface area contributed by atoms with E-state index in [2.05, 4.69) is 42.2 Å². The van der Waals surface area contributed by atoms with Crippen LogP contribution in [0.3, 0.4) is 0 Å². The van der Waals surface area contributed by atoms with Gasteiger partial charge in [-0.15, -0.1) is 10.2 Å². The van der Waals surface area contributed by atoms with Gasteiger partial charge in [0.15, 0.2) is 0 Å². The van der Waals surface area contributed by atoms with Crippen LogP contribution in [0.2, 0.25) is 0 Å². The van der Waals surface area contributed by atoms with Crippen molar-refractivity contribution in [3.05, 3.63) is 71.8 Å². The highest BCUT2D eigenvalue weighted by atomic mass is 15.1. The molecule has 0 N–H and O–H groups in total. The highest BCUT2D eigenvalue weighted by Crippen LogP contribution is 2.26. The third kappa shape index (κ3) is 2.32.